The smallest absolute Gasteiger partial charge is 0.234 e. The van der Waals surface area contributed by atoms with Crippen LogP contribution in [0, 0.1) is 19.7 Å². The van der Waals surface area contributed by atoms with E-state index in [0.717, 1.165) is 65.8 Å². The van der Waals surface area contributed by atoms with Crippen LogP contribution in [-0.2, 0) is 16.1 Å². The highest BCUT2D eigenvalue weighted by atomic mass is 19.1. The van der Waals surface area contributed by atoms with Gasteiger partial charge < -0.3 is 5.32 Å². The molecule has 3 atom stereocenters. The van der Waals surface area contributed by atoms with Gasteiger partial charge in [-0.05, 0) is 100 Å². The molecule has 0 aliphatic carbocycles. The van der Waals surface area contributed by atoms with Crippen molar-refractivity contribution in [1.29, 1.82) is 0 Å². The van der Waals surface area contributed by atoms with Crippen molar-refractivity contribution >= 4 is 28.4 Å². The third-order valence-corrected chi connectivity index (χ3v) is 10.7. The number of nitrogens with zero attached hydrogens (tertiary/aromatic N) is 4. The molecular weight excluding hydrogens is 658 g/mol. The van der Waals surface area contributed by atoms with E-state index in [1.54, 1.807) is 12.1 Å². The zero-order chi connectivity index (χ0) is 36.5. The molecule has 268 valence electrons. The lowest BCUT2D eigenvalue weighted by Gasteiger charge is -2.33. The van der Waals surface area contributed by atoms with Gasteiger partial charge in [-0.1, -0.05) is 54.6 Å². The summed E-state index contributed by atoms with van der Waals surface area (Å²) in [5.41, 5.74) is 7.67. The largest absolute Gasteiger partial charge is 0.361 e. The Balaban J connectivity index is 1.03. The number of amides is 2. The van der Waals surface area contributed by atoms with E-state index in [9.17, 15) is 14.0 Å². The minimum absolute atomic E-state index is 0.0372. The van der Waals surface area contributed by atoms with Gasteiger partial charge >= 0.3 is 0 Å². The number of imide groups is 1. The standard InChI is InChI=1S/C42H44F2N6O2/c1-24-19-30(35-13-14-39(51)47-42(35)52)11-12-32(24)29-15-17-50(18-16-29)23-28-7-5-8-31(20-28)38-21-36-37(22-45-38)27(4)48-49-41(36)46-26(3)34-10-6-9-33(25(2)43)40(34)44/h5-12,19-22,25-26,29,35H,13-18,23H2,1-4H3,(H,46,49)(H,47,51,52). The number of hydrogen-bond acceptors (Lipinski definition) is 7. The van der Waals surface area contributed by atoms with Gasteiger partial charge in [-0.15, -0.1) is 5.10 Å². The van der Waals surface area contributed by atoms with Gasteiger partial charge in [0.15, 0.2) is 5.82 Å². The molecule has 3 aromatic carbocycles. The van der Waals surface area contributed by atoms with E-state index in [1.165, 1.54) is 29.7 Å². The predicted molar refractivity (Wildman–Crippen MR) is 199 cm³/mol. The van der Waals surface area contributed by atoms with Crippen molar-refractivity contribution < 1.29 is 18.4 Å². The van der Waals surface area contributed by atoms with Crippen LogP contribution in [0.3, 0.4) is 0 Å². The summed E-state index contributed by atoms with van der Waals surface area (Å²) in [7, 11) is 0. The maximum absolute atomic E-state index is 15.2. The van der Waals surface area contributed by atoms with Crippen molar-refractivity contribution in [2.24, 2.45) is 0 Å². The average molecular weight is 703 g/mol. The second-order valence-electron chi connectivity index (χ2n) is 14.4. The Hall–Kier alpha value is -5.09. The lowest BCUT2D eigenvalue weighted by atomic mass is 9.83. The summed E-state index contributed by atoms with van der Waals surface area (Å²) in [6.07, 6.45) is 3.46. The molecule has 2 fully saturated rings. The van der Waals surface area contributed by atoms with E-state index in [2.05, 4.69) is 75.1 Å². The van der Waals surface area contributed by atoms with Crippen LogP contribution < -0.4 is 10.6 Å². The van der Waals surface area contributed by atoms with E-state index in [-0.39, 0.29) is 23.3 Å². The van der Waals surface area contributed by atoms with Crippen molar-refractivity contribution in [2.75, 3.05) is 18.4 Å². The molecule has 3 unspecified atom stereocenters. The van der Waals surface area contributed by atoms with Crippen molar-refractivity contribution in [3.05, 3.63) is 118 Å². The van der Waals surface area contributed by atoms with Crippen LogP contribution in [0.5, 0.6) is 0 Å². The summed E-state index contributed by atoms with van der Waals surface area (Å²) < 4.78 is 29.2. The van der Waals surface area contributed by atoms with E-state index in [0.29, 0.717) is 30.1 Å². The molecule has 4 heterocycles. The topological polar surface area (TPSA) is 100 Å². The molecule has 0 radical (unpaired) electrons. The summed E-state index contributed by atoms with van der Waals surface area (Å²) in [5, 5.41) is 16.2. The molecule has 2 amide bonds. The quantitative estimate of drug-likeness (QED) is 0.149. The van der Waals surface area contributed by atoms with E-state index in [4.69, 9.17) is 4.98 Å². The van der Waals surface area contributed by atoms with E-state index in [1.807, 2.05) is 26.1 Å². The Bertz CT molecular complexity index is 2150. The van der Waals surface area contributed by atoms with Gasteiger partial charge in [-0.3, -0.25) is 24.8 Å². The number of rotatable bonds is 9. The van der Waals surface area contributed by atoms with Crippen LogP contribution in [0.2, 0.25) is 0 Å². The normalized spacial score (nSPS) is 18.3. The van der Waals surface area contributed by atoms with Gasteiger partial charge in [0, 0.05) is 46.6 Å². The Morgan fingerprint density at radius 3 is 2.44 bits per heavy atom. The van der Waals surface area contributed by atoms with Gasteiger partial charge in [0.05, 0.1) is 23.3 Å². The first-order valence-corrected chi connectivity index (χ1v) is 18.1. The minimum Gasteiger partial charge on any atom is -0.361 e. The molecule has 8 nitrogen and oxygen atoms in total. The Labute approximate surface area is 303 Å². The van der Waals surface area contributed by atoms with Crippen molar-refractivity contribution in [1.82, 2.24) is 25.4 Å². The van der Waals surface area contributed by atoms with E-state index < -0.39 is 18.0 Å². The molecule has 7 rings (SSSR count). The zero-order valence-corrected chi connectivity index (χ0v) is 30.0. The molecule has 2 N–H and O–H groups in total. The van der Waals surface area contributed by atoms with Crippen molar-refractivity contribution in [2.45, 2.75) is 84.0 Å². The highest BCUT2D eigenvalue weighted by molar-refractivity contribution is 6.01. The number of aryl methyl sites for hydroxylation is 2. The first-order valence-electron chi connectivity index (χ1n) is 18.1. The number of piperidine rings is 2. The molecule has 0 bridgehead atoms. The van der Waals surface area contributed by atoms with Gasteiger partial charge in [0.2, 0.25) is 11.8 Å². The molecular formula is C42H44F2N6O2. The molecule has 2 aliphatic rings. The van der Waals surface area contributed by atoms with Gasteiger partial charge in [0.25, 0.3) is 0 Å². The summed E-state index contributed by atoms with van der Waals surface area (Å²) in [6, 6.07) is 21.2. The SMILES string of the molecule is Cc1cc(C2CCC(=O)NC2=O)ccc1C1CCN(Cc2cccc(-c3cc4c(NC(C)c5cccc(C(C)F)c5F)nnc(C)c4cn3)c2)CC1. The number of nitrogens with one attached hydrogen (secondary N) is 2. The fourth-order valence-corrected chi connectivity index (χ4v) is 7.80. The molecule has 10 heteroatoms. The van der Waals surface area contributed by atoms with Crippen LogP contribution >= 0.6 is 0 Å². The maximum atomic E-state index is 15.2. The Morgan fingerprint density at radius 2 is 1.69 bits per heavy atom. The minimum atomic E-state index is -1.41. The first-order chi connectivity index (χ1) is 25.0. The number of carbonyl (C=O) groups excluding carboxylic acids is 2. The average Bonchev–Trinajstić information content (AvgIpc) is 3.13. The number of benzene rings is 3. The monoisotopic (exact) mass is 702 g/mol. The lowest BCUT2D eigenvalue weighted by molar-refractivity contribution is -0.134. The number of likely N-dealkylation sites (tertiary alicyclic amines) is 1. The maximum Gasteiger partial charge on any atom is 0.234 e. The lowest BCUT2D eigenvalue weighted by Crippen LogP contribution is -2.39. The number of halogens is 2. The Kier molecular flexibility index (Phi) is 10.1. The number of pyridine rings is 1. The first kappa shape index (κ1) is 35.3. The van der Waals surface area contributed by atoms with Gasteiger partial charge in [0.1, 0.15) is 12.0 Å². The number of fused-ring (bicyclic) bond motifs is 1. The van der Waals surface area contributed by atoms with Gasteiger partial charge in [-0.2, -0.15) is 5.10 Å². The highest BCUT2D eigenvalue weighted by Crippen LogP contribution is 2.35. The van der Waals surface area contributed by atoms with Crippen LogP contribution in [-0.4, -0.2) is 45.0 Å². The molecule has 2 saturated heterocycles. The molecule has 0 saturated carbocycles. The van der Waals surface area contributed by atoms with Crippen LogP contribution in [0.1, 0.15) is 103 Å². The number of hydrogen-bond donors (Lipinski definition) is 2. The van der Waals surface area contributed by atoms with E-state index >= 15 is 4.39 Å². The summed E-state index contributed by atoms with van der Waals surface area (Å²) in [6.45, 7) is 9.97. The molecule has 2 aromatic heterocycles. The van der Waals surface area contributed by atoms with Crippen LogP contribution in [0.15, 0.2) is 72.9 Å². The molecule has 2 aliphatic heterocycles. The number of anilines is 1. The zero-order valence-electron chi connectivity index (χ0n) is 30.0. The van der Waals surface area contributed by atoms with Crippen molar-refractivity contribution in [3.8, 4) is 11.3 Å². The number of alkyl halides is 1. The fourth-order valence-electron chi connectivity index (χ4n) is 7.80. The summed E-state index contributed by atoms with van der Waals surface area (Å²) in [4.78, 5) is 31.3. The molecule has 0 spiro atoms. The number of aromatic nitrogens is 3. The van der Waals surface area contributed by atoms with Crippen LogP contribution in [0.4, 0.5) is 14.6 Å². The number of carbonyl (C=O) groups is 2. The second-order valence-corrected chi connectivity index (χ2v) is 14.4. The Morgan fingerprint density at radius 1 is 0.923 bits per heavy atom. The second kappa shape index (κ2) is 14.9. The third-order valence-electron chi connectivity index (χ3n) is 10.7. The molecule has 52 heavy (non-hydrogen) atoms. The summed E-state index contributed by atoms with van der Waals surface area (Å²) >= 11 is 0. The summed E-state index contributed by atoms with van der Waals surface area (Å²) in [5.74, 6) is -0.230. The van der Waals surface area contributed by atoms with Crippen LogP contribution in [0.25, 0.3) is 22.0 Å². The highest BCUT2D eigenvalue weighted by Gasteiger charge is 2.29. The fraction of sp³-hybridized carbons (Fsp3) is 0.357. The predicted octanol–water partition coefficient (Wildman–Crippen LogP) is 8.55. The van der Waals surface area contributed by atoms with Crippen molar-refractivity contribution in [3.63, 3.8) is 0 Å². The third kappa shape index (κ3) is 7.30. The van der Waals surface area contributed by atoms with Gasteiger partial charge in [-0.25, -0.2) is 8.78 Å². The molecule has 5 aromatic rings.